The molecule has 8 heteroatoms. The zero-order valence-electron chi connectivity index (χ0n) is 14.3. The normalized spacial score (nSPS) is 11.1. The summed E-state index contributed by atoms with van der Waals surface area (Å²) in [4.78, 5) is 17.2. The van der Waals surface area contributed by atoms with E-state index in [2.05, 4.69) is 15.5 Å². The van der Waals surface area contributed by atoms with Crippen LogP contribution in [0, 0.1) is 13.8 Å². The molecule has 2 aromatic carbocycles. The van der Waals surface area contributed by atoms with E-state index in [0.717, 1.165) is 0 Å². The first-order chi connectivity index (χ1) is 12.9. The van der Waals surface area contributed by atoms with Crippen molar-refractivity contribution in [1.82, 2.24) is 10.1 Å². The highest BCUT2D eigenvalue weighted by molar-refractivity contribution is 6.39. The second-order valence-electron chi connectivity index (χ2n) is 5.93. The SMILES string of the molecule is Cc1nc2cc(NC(=O)c3c(-c4c(Cl)cccc4Cl)noc3C)ccc2o1. The zero-order valence-corrected chi connectivity index (χ0v) is 15.9. The number of oxazole rings is 1. The minimum Gasteiger partial charge on any atom is -0.441 e. The average Bonchev–Trinajstić information content (AvgIpc) is 3.16. The Morgan fingerprint density at radius 3 is 2.59 bits per heavy atom. The van der Waals surface area contributed by atoms with Crippen LogP contribution in [0.5, 0.6) is 0 Å². The van der Waals surface area contributed by atoms with Crippen molar-refractivity contribution in [1.29, 1.82) is 0 Å². The molecule has 4 aromatic rings. The topological polar surface area (TPSA) is 81.2 Å². The molecule has 0 radical (unpaired) electrons. The van der Waals surface area contributed by atoms with Crippen LogP contribution in [0.15, 0.2) is 45.3 Å². The van der Waals surface area contributed by atoms with Gasteiger partial charge in [0.1, 0.15) is 22.5 Å². The van der Waals surface area contributed by atoms with Crippen molar-refractivity contribution < 1.29 is 13.7 Å². The Labute approximate surface area is 164 Å². The summed E-state index contributed by atoms with van der Waals surface area (Å²) in [7, 11) is 0. The van der Waals surface area contributed by atoms with Gasteiger partial charge in [-0.1, -0.05) is 34.4 Å². The van der Waals surface area contributed by atoms with Gasteiger partial charge in [0, 0.05) is 18.2 Å². The summed E-state index contributed by atoms with van der Waals surface area (Å²) in [5.41, 5.74) is 2.88. The number of carbonyl (C=O) groups excluding carboxylic acids is 1. The summed E-state index contributed by atoms with van der Waals surface area (Å²) in [5.74, 6) is 0.523. The fourth-order valence-corrected chi connectivity index (χ4v) is 3.42. The number of nitrogens with zero attached hydrogens (tertiary/aromatic N) is 2. The molecule has 0 saturated carbocycles. The molecule has 0 aliphatic rings. The lowest BCUT2D eigenvalue weighted by Gasteiger charge is -2.08. The third-order valence-corrected chi connectivity index (χ3v) is 4.67. The van der Waals surface area contributed by atoms with E-state index in [1.807, 2.05) is 0 Å². The Morgan fingerprint density at radius 1 is 1.11 bits per heavy atom. The Kier molecular flexibility index (Phi) is 4.37. The maximum atomic E-state index is 12.9. The molecule has 1 amide bonds. The molecular formula is C19H13Cl2N3O3. The predicted molar refractivity (Wildman–Crippen MR) is 103 cm³/mol. The van der Waals surface area contributed by atoms with Crippen molar-refractivity contribution in [3.63, 3.8) is 0 Å². The number of amides is 1. The highest BCUT2D eigenvalue weighted by Gasteiger charge is 2.25. The Morgan fingerprint density at radius 2 is 1.85 bits per heavy atom. The summed E-state index contributed by atoms with van der Waals surface area (Å²) in [6.07, 6.45) is 0. The van der Waals surface area contributed by atoms with Crippen molar-refractivity contribution in [2.75, 3.05) is 5.32 Å². The van der Waals surface area contributed by atoms with Crippen LogP contribution in [0.2, 0.25) is 10.0 Å². The van der Waals surface area contributed by atoms with Crippen molar-refractivity contribution in [3.05, 3.63) is 63.7 Å². The minimum absolute atomic E-state index is 0.265. The Hall–Kier alpha value is -2.83. The third kappa shape index (κ3) is 3.18. The highest BCUT2D eigenvalue weighted by atomic mass is 35.5. The van der Waals surface area contributed by atoms with Gasteiger partial charge in [0.15, 0.2) is 11.5 Å². The molecule has 6 nitrogen and oxygen atoms in total. The molecule has 0 fully saturated rings. The first kappa shape index (κ1) is 17.6. The number of rotatable bonds is 3. The number of nitrogens with one attached hydrogen (secondary N) is 1. The molecule has 0 atom stereocenters. The molecule has 0 unspecified atom stereocenters. The first-order valence-electron chi connectivity index (χ1n) is 8.03. The molecule has 2 aromatic heterocycles. The van der Waals surface area contributed by atoms with Crippen LogP contribution in [0.3, 0.4) is 0 Å². The molecular weight excluding hydrogens is 389 g/mol. The number of aromatic nitrogens is 2. The van der Waals surface area contributed by atoms with Gasteiger partial charge in [-0.25, -0.2) is 4.98 Å². The van der Waals surface area contributed by atoms with Gasteiger partial charge in [0.25, 0.3) is 5.91 Å². The quantitative estimate of drug-likeness (QED) is 0.478. The van der Waals surface area contributed by atoms with Crippen LogP contribution in [0.4, 0.5) is 5.69 Å². The summed E-state index contributed by atoms with van der Waals surface area (Å²) in [5, 5.41) is 7.58. The minimum atomic E-state index is -0.390. The second-order valence-corrected chi connectivity index (χ2v) is 6.74. The molecule has 1 N–H and O–H groups in total. The van der Waals surface area contributed by atoms with Gasteiger partial charge < -0.3 is 14.3 Å². The van der Waals surface area contributed by atoms with Crippen LogP contribution >= 0.6 is 23.2 Å². The van der Waals surface area contributed by atoms with Gasteiger partial charge in [-0.2, -0.15) is 0 Å². The van der Waals surface area contributed by atoms with E-state index in [1.165, 1.54) is 0 Å². The highest BCUT2D eigenvalue weighted by Crippen LogP contribution is 2.37. The molecule has 0 aliphatic carbocycles. The fourth-order valence-electron chi connectivity index (χ4n) is 2.85. The van der Waals surface area contributed by atoms with Gasteiger partial charge in [-0.05, 0) is 37.3 Å². The lowest BCUT2D eigenvalue weighted by atomic mass is 10.1. The molecule has 0 bridgehead atoms. The van der Waals surface area contributed by atoms with E-state index in [1.54, 1.807) is 50.2 Å². The Balaban J connectivity index is 1.72. The number of hydrogen-bond acceptors (Lipinski definition) is 5. The van der Waals surface area contributed by atoms with E-state index in [4.69, 9.17) is 32.1 Å². The third-order valence-electron chi connectivity index (χ3n) is 4.04. The first-order valence-corrected chi connectivity index (χ1v) is 8.79. The number of halogens is 2. The molecule has 0 spiro atoms. The van der Waals surface area contributed by atoms with Crippen LogP contribution in [0.25, 0.3) is 22.4 Å². The van der Waals surface area contributed by atoms with Crippen molar-refractivity contribution >= 4 is 45.9 Å². The lowest BCUT2D eigenvalue weighted by molar-refractivity contribution is 0.102. The van der Waals surface area contributed by atoms with Crippen molar-refractivity contribution in [3.8, 4) is 11.3 Å². The van der Waals surface area contributed by atoms with E-state index < -0.39 is 0 Å². The largest absolute Gasteiger partial charge is 0.441 e. The zero-order chi connectivity index (χ0) is 19.1. The van der Waals surface area contributed by atoms with E-state index >= 15 is 0 Å². The maximum Gasteiger partial charge on any atom is 0.261 e. The van der Waals surface area contributed by atoms with Crippen LogP contribution in [-0.2, 0) is 0 Å². The number of carbonyl (C=O) groups is 1. The van der Waals surface area contributed by atoms with Crippen LogP contribution < -0.4 is 5.32 Å². The summed E-state index contributed by atoms with van der Waals surface area (Å²) in [6, 6.07) is 10.3. The van der Waals surface area contributed by atoms with E-state index in [-0.39, 0.29) is 11.5 Å². The predicted octanol–water partition coefficient (Wildman–Crippen LogP) is 5.66. The molecule has 136 valence electrons. The molecule has 27 heavy (non-hydrogen) atoms. The van der Waals surface area contributed by atoms with E-state index in [9.17, 15) is 4.79 Å². The van der Waals surface area contributed by atoms with Gasteiger partial charge >= 0.3 is 0 Å². The number of benzene rings is 2. The number of hydrogen-bond donors (Lipinski definition) is 1. The van der Waals surface area contributed by atoms with Gasteiger partial charge in [0.05, 0.1) is 10.0 Å². The van der Waals surface area contributed by atoms with Crippen LogP contribution in [-0.4, -0.2) is 16.0 Å². The van der Waals surface area contributed by atoms with Crippen LogP contribution in [0.1, 0.15) is 22.0 Å². The molecule has 2 heterocycles. The fraction of sp³-hybridized carbons (Fsp3) is 0.105. The standard InChI is InChI=1S/C19H13Cl2N3O3/c1-9-16(18(24-27-9)17-12(20)4-3-5-13(17)21)19(25)23-11-6-7-15-14(8-11)22-10(2)26-15/h3-8H,1-2H3,(H,23,25). The average molecular weight is 402 g/mol. The molecule has 4 rings (SSSR count). The maximum absolute atomic E-state index is 12.9. The Bertz CT molecular complexity index is 1160. The molecule has 0 aliphatic heterocycles. The second kappa shape index (κ2) is 6.72. The van der Waals surface area contributed by atoms with Crippen molar-refractivity contribution in [2.45, 2.75) is 13.8 Å². The molecule has 0 saturated heterocycles. The monoisotopic (exact) mass is 401 g/mol. The summed E-state index contributed by atoms with van der Waals surface area (Å²) < 4.78 is 10.7. The summed E-state index contributed by atoms with van der Waals surface area (Å²) in [6.45, 7) is 3.42. The van der Waals surface area contributed by atoms with E-state index in [0.29, 0.717) is 49.7 Å². The van der Waals surface area contributed by atoms with Crippen molar-refractivity contribution in [2.24, 2.45) is 0 Å². The smallest absolute Gasteiger partial charge is 0.261 e. The number of aryl methyl sites for hydroxylation is 2. The van der Waals surface area contributed by atoms with Gasteiger partial charge in [0.2, 0.25) is 0 Å². The number of fused-ring (bicyclic) bond motifs is 1. The number of anilines is 1. The van der Waals surface area contributed by atoms with Gasteiger partial charge in [-0.3, -0.25) is 4.79 Å². The lowest BCUT2D eigenvalue weighted by Crippen LogP contribution is -2.13. The van der Waals surface area contributed by atoms with Gasteiger partial charge in [-0.15, -0.1) is 0 Å². The summed E-state index contributed by atoms with van der Waals surface area (Å²) >= 11 is 12.5.